The first-order chi connectivity index (χ1) is 16.9. The molecular weight excluding hydrogens is 448 g/mol. The van der Waals surface area contributed by atoms with Crippen molar-refractivity contribution in [1.29, 1.82) is 0 Å². The molecule has 0 heterocycles. The van der Waals surface area contributed by atoms with Crippen molar-refractivity contribution in [3.63, 3.8) is 0 Å². The van der Waals surface area contributed by atoms with Gasteiger partial charge >= 0.3 is 12.1 Å². The first-order valence-corrected chi connectivity index (χ1v) is 12.1. The maximum atomic E-state index is 13.0. The lowest BCUT2D eigenvalue weighted by Gasteiger charge is -2.31. The van der Waals surface area contributed by atoms with Gasteiger partial charge in [-0.2, -0.15) is 0 Å². The molecule has 0 saturated heterocycles. The second kappa shape index (κ2) is 10.9. The van der Waals surface area contributed by atoms with Crippen molar-refractivity contribution in [2.24, 2.45) is 5.92 Å². The fourth-order valence-corrected chi connectivity index (χ4v) is 5.17. The van der Waals surface area contributed by atoms with Crippen LogP contribution in [0.25, 0.3) is 11.1 Å². The van der Waals surface area contributed by atoms with Crippen LogP contribution < -0.4 is 10.6 Å². The summed E-state index contributed by atoms with van der Waals surface area (Å²) in [6.45, 7) is 1.79. The predicted molar refractivity (Wildman–Crippen MR) is 130 cm³/mol. The molecule has 2 aromatic carbocycles. The summed E-state index contributed by atoms with van der Waals surface area (Å²) in [5, 5.41) is 15.0. The number of aliphatic carboxylic acids is 1. The highest BCUT2D eigenvalue weighted by atomic mass is 16.5. The number of benzene rings is 2. The van der Waals surface area contributed by atoms with Gasteiger partial charge in [0.25, 0.3) is 0 Å². The summed E-state index contributed by atoms with van der Waals surface area (Å²) in [6, 6.07) is 14.6. The van der Waals surface area contributed by atoms with E-state index in [1.165, 1.54) is 7.11 Å². The average Bonchev–Trinajstić information content (AvgIpc) is 3.19. The minimum Gasteiger partial charge on any atom is -0.481 e. The standard InChI is InChI=1S/C27H32N2O6/c1-16(34-2)24(25(30)28-23-14-8-7-13-21(23)26(31)32)29-27(33)35-15-22-19-11-5-3-9-17(19)18-10-4-6-12-20(18)22/h3-6,9-12,16,21-24H,7-8,13-15H2,1-2H3,(H,28,30)(H,29,33)(H,31,32)/t16-,21?,23?,24+/m1/s1. The molecule has 3 N–H and O–H groups in total. The monoisotopic (exact) mass is 480 g/mol. The highest BCUT2D eigenvalue weighted by molar-refractivity contribution is 5.87. The maximum absolute atomic E-state index is 13.0. The zero-order valence-corrected chi connectivity index (χ0v) is 20.0. The van der Waals surface area contributed by atoms with Crippen molar-refractivity contribution in [1.82, 2.24) is 10.6 Å². The Balaban J connectivity index is 1.41. The number of hydrogen-bond donors (Lipinski definition) is 3. The third-order valence-electron chi connectivity index (χ3n) is 7.15. The number of ether oxygens (including phenoxy) is 2. The summed E-state index contributed by atoms with van der Waals surface area (Å²) in [4.78, 5) is 37.4. The van der Waals surface area contributed by atoms with Crippen LogP contribution in [0.3, 0.4) is 0 Å². The van der Waals surface area contributed by atoms with Gasteiger partial charge in [0.15, 0.2) is 0 Å². The molecule has 2 amide bonds. The third-order valence-corrected chi connectivity index (χ3v) is 7.15. The zero-order chi connectivity index (χ0) is 24.9. The summed E-state index contributed by atoms with van der Waals surface area (Å²) in [6.07, 6.45) is 1.40. The summed E-state index contributed by atoms with van der Waals surface area (Å²) in [5.41, 5.74) is 4.45. The summed E-state index contributed by atoms with van der Waals surface area (Å²) in [5.74, 6) is -2.14. The quantitative estimate of drug-likeness (QED) is 0.531. The van der Waals surface area contributed by atoms with Crippen LogP contribution in [-0.2, 0) is 19.1 Å². The summed E-state index contributed by atoms with van der Waals surface area (Å²) >= 11 is 0. The Bertz CT molecular complexity index is 1040. The van der Waals surface area contributed by atoms with Crippen LogP contribution in [0.4, 0.5) is 4.79 Å². The molecule has 186 valence electrons. The highest BCUT2D eigenvalue weighted by Gasteiger charge is 2.36. The van der Waals surface area contributed by atoms with Crippen molar-refractivity contribution in [3.8, 4) is 11.1 Å². The third kappa shape index (κ3) is 5.32. The average molecular weight is 481 g/mol. The molecule has 4 rings (SSSR count). The Morgan fingerprint density at radius 3 is 2.20 bits per heavy atom. The zero-order valence-electron chi connectivity index (χ0n) is 20.0. The van der Waals surface area contributed by atoms with E-state index in [1.54, 1.807) is 6.92 Å². The van der Waals surface area contributed by atoms with Gasteiger partial charge in [-0.1, -0.05) is 61.4 Å². The van der Waals surface area contributed by atoms with Crippen LogP contribution in [0.15, 0.2) is 48.5 Å². The molecule has 1 fully saturated rings. The molecule has 0 aromatic heterocycles. The molecule has 0 radical (unpaired) electrons. The Morgan fingerprint density at radius 2 is 1.60 bits per heavy atom. The van der Waals surface area contributed by atoms with Crippen molar-refractivity contribution >= 4 is 18.0 Å². The molecule has 35 heavy (non-hydrogen) atoms. The predicted octanol–water partition coefficient (Wildman–Crippen LogP) is 3.69. The largest absolute Gasteiger partial charge is 0.481 e. The van der Waals surface area contributed by atoms with Gasteiger partial charge in [-0.15, -0.1) is 0 Å². The fraction of sp³-hybridized carbons (Fsp3) is 0.444. The van der Waals surface area contributed by atoms with Gasteiger partial charge in [0.2, 0.25) is 5.91 Å². The fourth-order valence-electron chi connectivity index (χ4n) is 5.17. The summed E-state index contributed by atoms with van der Waals surface area (Å²) in [7, 11) is 1.45. The molecule has 2 aromatic rings. The lowest BCUT2D eigenvalue weighted by molar-refractivity contribution is -0.144. The van der Waals surface area contributed by atoms with E-state index in [0.29, 0.717) is 12.8 Å². The number of carbonyl (C=O) groups excluding carboxylic acids is 2. The first-order valence-electron chi connectivity index (χ1n) is 12.1. The smallest absolute Gasteiger partial charge is 0.407 e. The number of carboxylic acid groups (broad SMARTS) is 1. The van der Waals surface area contributed by atoms with Crippen molar-refractivity contribution < 1.29 is 29.0 Å². The molecule has 0 spiro atoms. The molecule has 1 saturated carbocycles. The number of alkyl carbamates (subject to hydrolysis) is 1. The second-order valence-electron chi connectivity index (χ2n) is 9.23. The van der Waals surface area contributed by atoms with Crippen LogP contribution in [0.5, 0.6) is 0 Å². The highest BCUT2D eigenvalue weighted by Crippen LogP contribution is 2.44. The number of carbonyl (C=O) groups is 3. The van der Waals surface area contributed by atoms with E-state index in [-0.39, 0.29) is 12.5 Å². The van der Waals surface area contributed by atoms with Gasteiger partial charge in [-0.05, 0) is 42.0 Å². The topological polar surface area (TPSA) is 114 Å². The van der Waals surface area contributed by atoms with E-state index in [1.807, 2.05) is 36.4 Å². The lowest BCUT2D eigenvalue weighted by atomic mass is 9.84. The van der Waals surface area contributed by atoms with Gasteiger partial charge in [-0.3, -0.25) is 9.59 Å². The molecule has 8 nitrogen and oxygen atoms in total. The van der Waals surface area contributed by atoms with Gasteiger partial charge < -0.3 is 25.2 Å². The molecule has 0 aliphatic heterocycles. The minimum absolute atomic E-state index is 0.0983. The Kier molecular flexibility index (Phi) is 7.70. The number of hydrogen-bond acceptors (Lipinski definition) is 5. The molecule has 2 aliphatic carbocycles. The lowest BCUT2D eigenvalue weighted by Crippen LogP contribution is -2.57. The molecule has 8 heteroatoms. The first kappa shape index (κ1) is 24.7. The number of nitrogens with one attached hydrogen (secondary N) is 2. The number of rotatable bonds is 8. The SMILES string of the molecule is CO[C@H](C)[C@H](NC(=O)OCC1c2ccccc2-c2ccccc21)C(=O)NC1CCCCC1C(=O)O. The van der Waals surface area contributed by atoms with Gasteiger partial charge in [0.05, 0.1) is 12.0 Å². The van der Waals surface area contributed by atoms with E-state index in [9.17, 15) is 19.5 Å². The normalized spacial score (nSPS) is 20.7. The van der Waals surface area contributed by atoms with E-state index in [4.69, 9.17) is 9.47 Å². The molecule has 4 atom stereocenters. The van der Waals surface area contributed by atoms with E-state index >= 15 is 0 Å². The van der Waals surface area contributed by atoms with E-state index in [2.05, 4.69) is 22.8 Å². The molecular formula is C27H32N2O6. The van der Waals surface area contributed by atoms with Gasteiger partial charge in [0, 0.05) is 19.1 Å². The van der Waals surface area contributed by atoms with Crippen LogP contribution in [0, 0.1) is 5.92 Å². The van der Waals surface area contributed by atoms with Crippen LogP contribution in [0.2, 0.25) is 0 Å². The van der Waals surface area contributed by atoms with E-state index < -0.39 is 42.1 Å². The van der Waals surface area contributed by atoms with E-state index in [0.717, 1.165) is 35.1 Å². The number of carboxylic acids is 1. The molecule has 0 bridgehead atoms. The number of fused-ring (bicyclic) bond motifs is 3. The van der Waals surface area contributed by atoms with Crippen LogP contribution in [-0.4, -0.2) is 55.0 Å². The Hall–Kier alpha value is -3.39. The van der Waals surface area contributed by atoms with Crippen LogP contribution >= 0.6 is 0 Å². The maximum Gasteiger partial charge on any atom is 0.407 e. The van der Waals surface area contributed by atoms with Gasteiger partial charge in [0.1, 0.15) is 12.6 Å². The minimum atomic E-state index is -1.02. The van der Waals surface area contributed by atoms with Crippen LogP contribution in [0.1, 0.15) is 49.7 Å². The second-order valence-corrected chi connectivity index (χ2v) is 9.23. The number of amides is 2. The molecule has 2 aliphatic rings. The van der Waals surface area contributed by atoms with Crippen molar-refractivity contribution in [3.05, 3.63) is 59.7 Å². The Labute approximate surface area is 205 Å². The summed E-state index contributed by atoms with van der Waals surface area (Å²) < 4.78 is 10.9. The Morgan fingerprint density at radius 1 is 1.00 bits per heavy atom. The van der Waals surface area contributed by atoms with Gasteiger partial charge in [-0.25, -0.2) is 4.79 Å². The van der Waals surface area contributed by atoms with Crippen molar-refractivity contribution in [2.45, 2.75) is 56.7 Å². The molecule has 2 unspecified atom stereocenters. The van der Waals surface area contributed by atoms with Crippen molar-refractivity contribution in [2.75, 3.05) is 13.7 Å². The number of methoxy groups -OCH3 is 1.